The van der Waals surface area contributed by atoms with E-state index in [4.69, 9.17) is 14.6 Å². The molecule has 6 heteroatoms. The highest BCUT2D eigenvalue weighted by molar-refractivity contribution is 5.66. The number of pyridine rings is 1. The molecule has 1 fully saturated rings. The topological polar surface area (TPSA) is 88.9 Å². The van der Waals surface area contributed by atoms with E-state index in [1.165, 1.54) is 0 Å². The number of carboxylic acid groups (broad SMARTS) is 1. The van der Waals surface area contributed by atoms with Crippen molar-refractivity contribution in [3.8, 4) is 5.75 Å². The number of aromatic hydroxyl groups is 1. The van der Waals surface area contributed by atoms with Crippen LogP contribution >= 0.6 is 0 Å². The lowest BCUT2D eigenvalue weighted by Gasteiger charge is -2.36. The van der Waals surface area contributed by atoms with Gasteiger partial charge in [-0.2, -0.15) is 0 Å². The summed E-state index contributed by atoms with van der Waals surface area (Å²) < 4.78 is 12.1. The molecule has 2 N–H and O–H groups in total. The fourth-order valence-corrected chi connectivity index (χ4v) is 3.11. The maximum Gasteiger partial charge on any atom is 0.303 e. The Kier molecular flexibility index (Phi) is 6.57. The van der Waals surface area contributed by atoms with Crippen molar-refractivity contribution in [1.29, 1.82) is 0 Å². The zero-order chi connectivity index (χ0) is 19.1. The van der Waals surface area contributed by atoms with Crippen LogP contribution < -0.4 is 0 Å². The minimum atomic E-state index is -0.810. The SMILES string of the molecule is O=C(O)CC/C=C\CC1COC(c2cccnc2)OC1c1ccccc1O. The van der Waals surface area contributed by atoms with Crippen LogP contribution in [0.4, 0.5) is 0 Å². The minimum absolute atomic E-state index is 0.00676. The monoisotopic (exact) mass is 369 g/mol. The molecule has 1 aromatic heterocycles. The van der Waals surface area contributed by atoms with Crippen molar-refractivity contribution in [2.45, 2.75) is 31.7 Å². The summed E-state index contributed by atoms with van der Waals surface area (Å²) in [6.45, 7) is 0.460. The fourth-order valence-electron chi connectivity index (χ4n) is 3.11. The molecule has 0 bridgehead atoms. The summed E-state index contributed by atoms with van der Waals surface area (Å²) in [7, 11) is 0. The van der Waals surface area contributed by atoms with Crippen LogP contribution in [0, 0.1) is 5.92 Å². The normalized spacial score (nSPS) is 22.7. The summed E-state index contributed by atoms with van der Waals surface area (Å²) in [5.74, 6) is -0.614. The average Bonchev–Trinajstić information content (AvgIpc) is 2.69. The van der Waals surface area contributed by atoms with Gasteiger partial charge in [-0.1, -0.05) is 36.4 Å². The number of hydrogen-bond donors (Lipinski definition) is 2. The van der Waals surface area contributed by atoms with Gasteiger partial charge in [-0.25, -0.2) is 0 Å². The number of phenolic OH excluding ortho intramolecular Hbond substituents is 1. The summed E-state index contributed by atoms with van der Waals surface area (Å²) in [6.07, 6.45) is 7.60. The number of ether oxygens (including phenoxy) is 2. The molecule has 0 saturated carbocycles. The molecule has 1 saturated heterocycles. The first-order valence-corrected chi connectivity index (χ1v) is 8.97. The Bertz CT molecular complexity index is 777. The predicted octanol–water partition coefficient (Wildman–Crippen LogP) is 4.00. The van der Waals surface area contributed by atoms with Crippen LogP contribution in [0.2, 0.25) is 0 Å². The minimum Gasteiger partial charge on any atom is -0.508 e. The highest BCUT2D eigenvalue weighted by Gasteiger charge is 2.34. The summed E-state index contributed by atoms with van der Waals surface area (Å²) in [5, 5.41) is 19.0. The summed E-state index contributed by atoms with van der Waals surface area (Å²) >= 11 is 0. The number of rotatable bonds is 7. The number of hydrogen-bond acceptors (Lipinski definition) is 5. The van der Waals surface area contributed by atoms with Crippen molar-refractivity contribution < 1.29 is 24.5 Å². The summed E-state index contributed by atoms with van der Waals surface area (Å²) in [5.41, 5.74) is 1.55. The van der Waals surface area contributed by atoms with Gasteiger partial charge < -0.3 is 19.7 Å². The Morgan fingerprint density at radius 1 is 1.22 bits per heavy atom. The van der Waals surface area contributed by atoms with Crippen LogP contribution in [0.3, 0.4) is 0 Å². The third-order valence-electron chi connectivity index (χ3n) is 4.49. The van der Waals surface area contributed by atoms with Crippen LogP contribution in [0.5, 0.6) is 5.75 Å². The first-order valence-electron chi connectivity index (χ1n) is 8.97. The van der Waals surface area contributed by atoms with E-state index >= 15 is 0 Å². The van der Waals surface area contributed by atoms with E-state index in [1.54, 1.807) is 24.5 Å². The van der Waals surface area contributed by atoms with Gasteiger partial charge in [0.25, 0.3) is 0 Å². The molecule has 2 heterocycles. The van der Waals surface area contributed by atoms with E-state index in [9.17, 15) is 9.90 Å². The number of carboxylic acids is 1. The van der Waals surface area contributed by atoms with Gasteiger partial charge >= 0.3 is 5.97 Å². The van der Waals surface area contributed by atoms with Crippen molar-refractivity contribution in [2.24, 2.45) is 5.92 Å². The Labute approximate surface area is 158 Å². The lowest BCUT2D eigenvalue weighted by molar-refractivity contribution is -0.244. The number of aliphatic carboxylic acids is 1. The molecule has 3 unspecified atom stereocenters. The van der Waals surface area contributed by atoms with Crippen LogP contribution in [0.25, 0.3) is 0 Å². The van der Waals surface area contributed by atoms with Crippen molar-refractivity contribution in [3.05, 3.63) is 72.1 Å². The van der Waals surface area contributed by atoms with Crippen molar-refractivity contribution >= 4 is 5.97 Å². The summed E-state index contributed by atoms with van der Waals surface area (Å²) in [4.78, 5) is 14.7. The second kappa shape index (κ2) is 9.30. The molecular formula is C21H23NO5. The van der Waals surface area contributed by atoms with Crippen LogP contribution in [-0.2, 0) is 14.3 Å². The largest absolute Gasteiger partial charge is 0.508 e. The molecule has 1 aliphatic heterocycles. The van der Waals surface area contributed by atoms with E-state index in [0.29, 0.717) is 19.4 Å². The summed E-state index contributed by atoms with van der Waals surface area (Å²) in [6, 6.07) is 10.9. The van der Waals surface area contributed by atoms with Gasteiger partial charge in [0.15, 0.2) is 6.29 Å². The molecule has 0 spiro atoms. The van der Waals surface area contributed by atoms with Crippen LogP contribution in [0.1, 0.15) is 42.8 Å². The van der Waals surface area contributed by atoms with Gasteiger partial charge in [-0.05, 0) is 25.0 Å². The molecule has 0 radical (unpaired) electrons. The molecule has 27 heavy (non-hydrogen) atoms. The lowest BCUT2D eigenvalue weighted by Crippen LogP contribution is -2.30. The van der Waals surface area contributed by atoms with E-state index in [1.807, 2.05) is 36.4 Å². The van der Waals surface area contributed by atoms with Crippen LogP contribution in [0.15, 0.2) is 60.9 Å². The number of allylic oxidation sites excluding steroid dienone is 2. The molecule has 3 atom stereocenters. The Hall–Kier alpha value is -2.70. The van der Waals surface area contributed by atoms with Crippen LogP contribution in [-0.4, -0.2) is 27.8 Å². The Morgan fingerprint density at radius 2 is 2.07 bits per heavy atom. The Balaban J connectivity index is 1.74. The molecule has 1 aromatic carbocycles. The quantitative estimate of drug-likeness (QED) is 0.717. The molecule has 0 aliphatic carbocycles. The number of benzene rings is 1. The van der Waals surface area contributed by atoms with E-state index < -0.39 is 12.3 Å². The van der Waals surface area contributed by atoms with Crippen molar-refractivity contribution in [1.82, 2.24) is 4.98 Å². The van der Waals surface area contributed by atoms with Gasteiger partial charge in [-0.15, -0.1) is 0 Å². The first kappa shape index (κ1) is 19.1. The molecule has 6 nitrogen and oxygen atoms in total. The second-order valence-corrected chi connectivity index (χ2v) is 6.47. The number of carbonyl (C=O) groups is 1. The zero-order valence-corrected chi connectivity index (χ0v) is 14.9. The molecule has 2 aromatic rings. The lowest BCUT2D eigenvalue weighted by atomic mass is 9.91. The average molecular weight is 369 g/mol. The van der Waals surface area contributed by atoms with Gasteiger partial charge in [0.05, 0.1) is 12.7 Å². The fraction of sp³-hybridized carbons (Fsp3) is 0.333. The predicted molar refractivity (Wildman–Crippen MR) is 99.0 cm³/mol. The zero-order valence-electron chi connectivity index (χ0n) is 14.9. The van der Waals surface area contributed by atoms with Gasteiger partial charge in [-0.3, -0.25) is 9.78 Å². The number of phenols is 1. The number of aromatic nitrogens is 1. The standard InChI is InChI=1S/C21H23NO5/c23-18-10-5-4-9-17(18)20-16(7-2-1-3-11-19(24)25)14-26-21(27-20)15-8-6-12-22-13-15/h1-2,4-6,8-10,12-13,16,20-21,23H,3,7,11,14H2,(H,24,25)/b2-1-. The Morgan fingerprint density at radius 3 is 2.81 bits per heavy atom. The highest BCUT2D eigenvalue weighted by atomic mass is 16.7. The molecule has 3 rings (SSSR count). The third kappa shape index (κ3) is 5.15. The maximum absolute atomic E-state index is 10.6. The van der Waals surface area contributed by atoms with Gasteiger partial charge in [0.2, 0.25) is 0 Å². The number of nitrogens with zero attached hydrogens (tertiary/aromatic N) is 1. The van der Waals surface area contributed by atoms with Crippen molar-refractivity contribution in [3.63, 3.8) is 0 Å². The van der Waals surface area contributed by atoms with Gasteiger partial charge in [0, 0.05) is 35.9 Å². The number of para-hydroxylation sites is 1. The van der Waals surface area contributed by atoms with Crippen molar-refractivity contribution in [2.75, 3.05) is 6.61 Å². The van der Waals surface area contributed by atoms with E-state index in [-0.39, 0.29) is 24.2 Å². The van der Waals surface area contributed by atoms with Gasteiger partial charge in [0.1, 0.15) is 5.75 Å². The smallest absolute Gasteiger partial charge is 0.303 e. The first-order chi connectivity index (χ1) is 13.1. The molecule has 142 valence electrons. The second-order valence-electron chi connectivity index (χ2n) is 6.47. The van der Waals surface area contributed by atoms with E-state index in [2.05, 4.69) is 4.98 Å². The molecular weight excluding hydrogens is 346 g/mol. The maximum atomic E-state index is 10.6. The molecule has 0 amide bonds. The van der Waals surface area contributed by atoms with E-state index in [0.717, 1.165) is 11.1 Å². The third-order valence-corrected chi connectivity index (χ3v) is 4.49. The molecule has 1 aliphatic rings. The highest BCUT2D eigenvalue weighted by Crippen LogP contribution is 2.42.